The van der Waals surface area contributed by atoms with E-state index in [1.54, 1.807) is 6.07 Å². The summed E-state index contributed by atoms with van der Waals surface area (Å²) in [6.07, 6.45) is 7.26. The van der Waals surface area contributed by atoms with Crippen LogP contribution in [-0.4, -0.2) is 6.61 Å². The molecule has 0 spiro atoms. The van der Waals surface area contributed by atoms with Gasteiger partial charge in [-0.1, -0.05) is 45.6 Å². The lowest BCUT2D eigenvalue weighted by molar-refractivity contribution is 0.320. The van der Waals surface area contributed by atoms with E-state index >= 15 is 0 Å². The van der Waals surface area contributed by atoms with Crippen LogP contribution >= 0.6 is 0 Å². The summed E-state index contributed by atoms with van der Waals surface area (Å²) >= 11 is 0. The predicted octanol–water partition coefficient (Wildman–Crippen LogP) is 5.69. The molecular weight excluding hydrogens is 239 g/mol. The number of hydrogen-bond donors (Lipinski definition) is 0. The van der Waals surface area contributed by atoms with Crippen molar-refractivity contribution in [3.63, 3.8) is 0 Å². The Morgan fingerprint density at radius 3 is 2.21 bits per heavy atom. The highest BCUT2D eigenvalue weighted by Crippen LogP contribution is 2.31. The molecule has 0 saturated carbocycles. The summed E-state index contributed by atoms with van der Waals surface area (Å²) in [6, 6.07) is 5.37. The third kappa shape index (κ3) is 5.22. The molecule has 0 aliphatic carbocycles. The van der Waals surface area contributed by atoms with Gasteiger partial charge < -0.3 is 4.74 Å². The standard InChI is InChI=1S/C17H27FO/c1-4-7-9-14(10-8-5-2)15-11-12-16(18)17(13-15)19-6-3/h11-14H,4-10H2,1-3H3. The third-order valence-electron chi connectivity index (χ3n) is 3.54. The summed E-state index contributed by atoms with van der Waals surface area (Å²) in [5, 5.41) is 0. The molecule has 1 nitrogen and oxygen atoms in total. The SMILES string of the molecule is CCCCC(CCCC)c1ccc(F)c(OCC)c1. The van der Waals surface area contributed by atoms with Crippen molar-refractivity contribution in [1.29, 1.82) is 0 Å². The highest BCUT2D eigenvalue weighted by atomic mass is 19.1. The zero-order valence-electron chi connectivity index (χ0n) is 12.5. The minimum absolute atomic E-state index is 0.254. The molecular formula is C17H27FO. The lowest BCUT2D eigenvalue weighted by Crippen LogP contribution is -2.02. The molecule has 0 radical (unpaired) electrons. The van der Waals surface area contributed by atoms with Gasteiger partial charge in [-0.15, -0.1) is 0 Å². The normalized spacial score (nSPS) is 11.0. The Morgan fingerprint density at radius 1 is 1.05 bits per heavy atom. The van der Waals surface area contributed by atoms with Crippen LogP contribution in [0.2, 0.25) is 0 Å². The maximum absolute atomic E-state index is 13.6. The van der Waals surface area contributed by atoms with Gasteiger partial charge in [0.1, 0.15) is 0 Å². The second-order valence-corrected chi connectivity index (χ2v) is 5.10. The molecule has 1 aromatic carbocycles. The minimum Gasteiger partial charge on any atom is -0.491 e. The van der Waals surface area contributed by atoms with Crippen molar-refractivity contribution in [2.45, 2.75) is 65.2 Å². The Hall–Kier alpha value is -1.05. The van der Waals surface area contributed by atoms with Crippen molar-refractivity contribution in [3.05, 3.63) is 29.6 Å². The van der Waals surface area contributed by atoms with Crippen LogP contribution in [0.4, 0.5) is 4.39 Å². The van der Waals surface area contributed by atoms with Gasteiger partial charge in [0.25, 0.3) is 0 Å². The second-order valence-electron chi connectivity index (χ2n) is 5.10. The topological polar surface area (TPSA) is 9.23 Å². The maximum Gasteiger partial charge on any atom is 0.165 e. The Labute approximate surface area is 117 Å². The van der Waals surface area contributed by atoms with Gasteiger partial charge in [0.2, 0.25) is 0 Å². The average molecular weight is 266 g/mol. The first-order chi connectivity index (χ1) is 9.22. The van der Waals surface area contributed by atoms with Crippen LogP contribution in [0, 0.1) is 5.82 Å². The van der Waals surface area contributed by atoms with Gasteiger partial charge in [0.05, 0.1) is 6.61 Å². The number of unbranched alkanes of at least 4 members (excludes halogenated alkanes) is 2. The van der Waals surface area contributed by atoms with Crippen molar-refractivity contribution in [2.24, 2.45) is 0 Å². The molecule has 0 heterocycles. The van der Waals surface area contributed by atoms with Crippen LogP contribution in [0.25, 0.3) is 0 Å². The van der Waals surface area contributed by atoms with Crippen LogP contribution < -0.4 is 4.74 Å². The molecule has 0 N–H and O–H groups in total. The maximum atomic E-state index is 13.6. The van der Waals surface area contributed by atoms with E-state index < -0.39 is 0 Å². The van der Waals surface area contributed by atoms with Gasteiger partial charge in [-0.25, -0.2) is 4.39 Å². The molecule has 0 aromatic heterocycles. The summed E-state index contributed by atoms with van der Waals surface area (Å²) in [7, 11) is 0. The van der Waals surface area contributed by atoms with Crippen molar-refractivity contribution in [2.75, 3.05) is 6.61 Å². The molecule has 19 heavy (non-hydrogen) atoms. The van der Waals surface area contributed by atoms with Crippen molar-refractivity contribution in [3.8, 4) is 5.75 Å². The summed E-state index contributed by atoms with van der Waals surface area (Å²) in [4.78, 5) is 0. The quantitative estimate of drug-likeness (QED) is 0.558. The largest absolute Gasteiger partial charge is 0.491 e. The summed E-state index contributed by atoms with van der Waals surface area (Å²) in [6.45, 7) is 6.83. The van der Waals surface area contributed by atoms with E-state index in [0.29, 0.717) is 18.3 Å². The minimum atomic E-state index is -0.254. The van der Waals surface area contributed by atoms with Gasteiger partial charge in [-0.2, -0.15) is 0 Å². The van der Waals surface area contributed by atoms with E-state index in [1.807, 2.05) is 19.1 Å². The molecule has 0 aliphatic heterocycles. The van der Waals surface area contributed by atoms with E-state index in [9.17, 15) is 4.39 Å². The van der Waals surface area contributed by atoms with Crippen LogP contribution in [0.5, 0.6) is 5.75 Å². The highest BCUT2D eigenvalue weighted by molar-refractivity contribution is 5.32. The molecule has 0 aliphatic rings. The third-order valence-corrected chi connectivity index (χ3v) is 3.54. The molecule has 0 bridgehead atoms. The highest BCUT2D eigenvalue weighted by Gasteiger charge is 2.13. The van der Waals surface area contributed by atoms with Crippen LogP contribution in [0.1, 0.15) is 70.8 Å². The van der Waals surface area contributed by atoms with E-state index in [1.165, 1.54) is 44.1 Å². The Balaban J connectivity index is 2.83. The number of hydrogen-bond acceptors (Lipinski definition) is 1. The molecule has 0 amide bonds. The van der Waals surface area contributed by atoms with Gasteiger partial charge in [-0.05, 0) is 43.4 Å². The second kappa shape index (κ2) is 8.95. The Kier molecular flexibility index (Phi) is 7.54. The molecule has 108 valence electrons. The molecule has 0 fully saturated rings. The van der Waals surface area contributed by atoms with Gasteiger partial charge in [0.15, 0.2) is 11.6 Å². The molecule has 2 heteroatoms. The summed E-state index contributed by atoms with van der Waals surface area (Å²) in [5.41, 5.74) is 1.23. The first kappa shape index (κ1) is 16.0. The fourth-order valence-corrected chi connectivity index (χ4v) is 2.42. The van der Waals surface area contributed by atoms with Gasteiger partial charge >= 0.3 is 0 Å². The molecule has 1 rings (SSSR count). The van der Waals surface area contributed by atoms with Gasteiger partial charge in [0, 0.05) is 0 Å². The van der Waals surface area contributed by atoms with E-state index in [4.69, 9.17) is 4.74 Å². The average Bonchev–Trinajstić information content (AvgIpc) is 2.42. The number of benzene rings is 1. The van der Waals surface area contributed by atoms with Crippen molar-refractivity contribution >= 4 is 0 Å². The fraction of sp³-hybridized carbons (Fsp3) is 0.647. The number of halogens is 1. The van der Waals surface area contributed by atoms with Crippen LogP contribution in [0.3, 0.4) is 0 Å². The predicted molar refractivity (Wildman–Crippen MR) is 79.4 cm³/mol. The molecule has 0 saturated heterocycles. The van der Waals surface area contributed by atoms with Crippen molar-refractivity contribution in [1.82, 2.24) is 0 Å². The first-order valence-electron chi connectivity index (χ1n) is 7.65. The smallest absolute Gasteiger partial charge is 0.165 e. The van der Waals surface area contributed by atoms with Crippen molar-refractivity contribution < 1.29 is 9.13 Å². The van der Waals surface area contributed by atoms with E-state index in [-0.39, 0.29) is 5.82 Å². The lowest BCUT2D eigenvalue weighted by atomic mass is 9.89. The fourth-order valence-electron chi connectivity index (χ4n) is 2.42. The Morgan fingerprint density at radius 2 is 1.68 bits per heavy atom. The van der Waals surface area contributed by atoms with Crippen LogP contribution in [-0.2, 0) is 0 Å². The molecule has 0 unspecified atom stereocenters. The van der Waals surface area contributed by atoms with E-state index in [2.05, 4.69) is 13.8 Å². The Bertz CT molecular complexity index is 354. The number of rotatable bonds is 9. The molecule has 0 atom stereocenters. The van der Waals surface area contributed by atoms with E-state index in [0.717, 1.165) is 0 Å². The van der Waals surface area contributed by atoms with Crippen LogP contribution in [0.15, 0.2) is 18.2 Å². The van der Waals surface area contributed by atoms with Gasteiger partial charge in [-0.3, -0.25) is 0 Å². The zero-order chi connectivity index (χ0) is 14.1. The summed E-state index contributed by atoms with van der Waals surface area (Å²) in [5.74, 6) is 0.688. The zero-order valence-corrected chi connectivity index (χ0v) is 12.5. The lowest BCUT2D eigenvalue weighted by Gasteiger charge is -2.18. The number of ether oxygens (including phenoxy) is 1. The molecule has 1 aromatic rings. The first-order valence-corrected chi connectivity index (χ1v) is 7.65. The summed E-state index contributed by atoms with van der Waals surface area (Å²) < 4.78 is 19.0. The monoisotopic (exact) mass is 266 g/mol.